The number of hydrogen-bond donors (Lipinski definition) is 1. The summed E-state index contributed by atoms with van der Waals surface area (Å²) in [5.74, 6) is 0.643. The smallest absolute Gasteiger partial charge is 0.122 e. The molecule has 108 valence electrons. The highest BCUT2D eigenvalue weighted by atomic mass is 35.5. The zero-order valence-corrected chi connectivity index (χ0v) is 11.8. The maximum Gasteiger partial charge on any atom is 0.122 e. The second-order valence-corrected chi connectivity index (χ2v) is 4.22. The summed E-state index contributed by atoms with van der Waals surface area (Å²) in [5.41, 5.74) is 6.23. The first kappa shape index (κ1) is 16.0. The quantitative estimate of drug-likeness (QED) is 0.527. The van der Waals surface area contributed by atoms with Crippen molar-refractivity contribution in [3.63, 3.8) is 0 Å². The fourth-order valence-electron chi connectivity index (χ4n) is 1.35. The first-order valence-corrected chi connectivity index (χ1v) is 6.43. The van der Waals surface area contributed by atoms with Crippen LogP contribution in [0.1, 0.15) is 0 Å². The lowest BCUT2D eigenvalue weighted by atomic mass is 10.3. The molecule has 0 heterocycles. The molecule has 1 aromatic carbocycles. The third kappa shape index (κ3) is 7.89. The Morgan fingerprint density at radius 1 is 0.947 bits per heavy atom. The molecule has 2 N–H and O–H groups in total. The molecule has 0 amide bonds. The number of hydrogen-bond acceptors (Lipinski definition) is 5. The highest BCUT2D eigenvalue weighted by Crippen LogP contribution is 2.22. The molecule has 0 unspecified atom stereocenters. The van der Waals surface area contributed by atoms with E-state index in [9.17, 15) is 0 Å². The molecule has 19 heavy (non-hydrogen) atoms. The predicted molar refractivity (Wildman–Crippen MR) is 74.9 cm³/mol. The van der Waals surface area contributed by atoms with Crippen molar-refractivity contribution in [1.29, 1.82) is 0 Å². The highest BCUT2D eigenvalue weighted by molar-refractivity contribution is 6.31. The van der Waals surface area contributed by atoms with E-state index in [-0.39, 0.29) is 0 Å². The SMILES string of the molecule is COCCOCCOCCOc1cc(N)cc(Cl)c1. The van der Waals surface area contributed by atoms with Crippen LogP contribution in [0, 0.1) is 0 Å². The summed E-state index contributed by atoms with van der Waals surface area (Å²) in [6, 6.07) is 5.10. The predicted octanol–water partition coefficient (Wildman–Crippen LogP) is 1.98. The van der Waals surface area contributed by atoms with Crippen molar-refractivity contribution in [3.8, 4) is 5.75 Å². The lowest BCUT2D eigenvalue weighted by Gasteiger charge is -2.08. The summed E-state index contributed by atoms with van der Waals surface area (Å²) in [4.78, 5) is 0. The van der Waals surface area contributed by atoms with Gasteiger partial charge in [-0.25, -0.2) is 0 Å². The van der Waals surface area contributed by atoms with Gasteiger partial charge in [0, 0.05) is 23.9 Å². The lowest BCUT2D eigenvalue weighted by Crippen LogP contribution is -2.12. The van der Waals surface area contributed by atoms with Crippen molar-refractivity contribution < 1.29 is 18.9 Å². The Bertz CT molecular complexity index is 342. The van der Waals surface area contributed by atoms with Crippen molar-refractivity contribution >= 4 is 17.3 Å². The Labute approximate surface area is 118 Å². The molecule has 5 nitrogen and oxygen atoms in total. The van der Waals surface area contributed by atoms with Crippen LogP contribution in [-0.2, 0) is 14.2 Å². The van der Waals surface area contributed by atoms with Gasteiger partial charge in [0.15, 0.2) is 0 Å². The average molecular weight is 290 g/mol. The minimum absolute atomic E-state index is 0.442. The Hall–Kier alpha value is -1.01. The summed E-state index contributed by atoms with van der Waals surface area (Å²) >= 11 is 5.86. The van der Waals surface area contributed by atoms with E-state index in [0.717, 1.165) is 0 Å². The standard InChI is InChI=1S/C13H20ClNO4/c1-16-2-3-17-4-5-18-6-7-19-13-9-11(14)8-12(15)10-13/h8-10H,2-7,15H2,1H3. The van der Waals surface area contributed by atoms with Crippen LogP contribution >= 0.6 is 11.6 Å². The Kier molecular flexibility index (Phi) is 8.33. The summed E-state index contributed by atoms with van der Waals surface area (Å²) in [5, 5.41) is 0.558. The number of methoxy groups -OCH3 is 1. The molecule has 0 aliphatic rings. The van der Waals surface area contributed by atoms with Crippen LogP contribution in [-0.4, -0.2) is 46.8 Å². The Morgan fingerprint density at radius 3 is 2.21 bits per heavy atom. The number of rotatable bonds is 10. The number of anilines is 1. The molecule has 1 aromatic rings. The van der Waals surface area contributed by atoms with Crippen molar-refractivity contribution in [2.75, 3.05) is 52.5 Å². The van der Waals surface area contributed by atoms with Crippen molar-refractivity contribution in [3.05, 3.63) is 23.2 Å². The van der Waals surface area contributed by atoms with E-state index in [1.807, 2.05) is 0 Å². The molecule has 0 aliphatic heterocycles. The molecule has 0 radical (unpaired) electrons. The highest BCUT2D eigenvalue weighted by Gasteiger charge is 1.98. The largest absolute Gasteiger partial charge is 0.491 e. The van der Waals surface area contributed by atoms with E-state index < -0.39 is 0 Å². The third-order valence-corrected chi connectivity index (χ3v) is 2.41. The van der Waals surface area contributed by atoms with Gasteiger partial charge >= 0.3 is 0 Å². The molecule has 0 atom stereocenters. The second kappa shape index (κ2) is 9.86. The number of nitrogen functional groups attached to an aromatic ring is 1. The van der Waals surface area contributed by atoms with Crippen LogP contribution in [0.15, 0.2) is 18.2 Å². The van der Waals surface area contributed by atoms with E-state index in [4.69, 9.17) is 36.3 Å². The van der Waals surface area contributed by atoms with Crippen LogP contribution in [0.3, 0.4) is 0 Å². The molecule has 1 rings (SSSR count). The van der Waals surface area contributed by atoms with Gasteiger partial charge in [0.05, 0.1) is 33.0 Å². The van der Waals surface area contributed by atoms with Crippen LogP contribution < -0.4 is 10.5 Å². The van der Waals surface area contributed by atoms with Gasteiger partial charge in [-0.15, -0.1) is 0 Å². The van der Waals surface area contributed by atoms with Gasteiger partial charge in [-0.1, -0.05) is 11.6 Å². The van der Waals surface area contributed by atoms with Crippen LogP contribution in [0.5, 0.6) is 5.75 Å². The minimum Gasteiger partial charge on any atom is -0.491 e. The number of nitrogens with two attached hydrogens (primary N) is 1. The Morgan fingerprint density at radius 2 is 1.58 bits per heavy atom. The topological polar surface area (TPSA) is 62.9 Å². The molecule has 0 fully saturated rings. The molecular weight excluding hydrogens is 270 g/mol. The molecule has 0 spiro atoms. The van der Waals surface area contributed by atoms with Gasteiger partial charge in [0.1, 0.15) is 12.4 Å². The molecule has 0 bridgehead atoms. The van der Waals surface area contributed by atoms with E-state index in [2.05, 4.69) is 0 Å². The molecule has 6 heteroatoms. The van der Waals surface area contributed by atoms with Gasteiger partial charge in [-0.3, -0.25) is 0 Å². The summed E-state index contributed by atoms with van der Waals surface area (Å²) in [6.07, 6.45) is 0. The summed E-state index contributed by atoms with van der Waals surface area (Å²) in [6.45, 7) is 3.19. The molecular formula is C13H20ClNO4. The molecule has 0 saturated carbocycles. The van der Waals surface area contributed by atoms with Crippen LogP contribution in [0.4, 0.5) is 5.69 Å². The average Bonchev–Trinajstić information content (AvgIpc) is 2.36. The minimum atomic E-state index is 0.442. The third-order valence-electron chi connectivity index (χ3n) is 2.19. The summed E-state index contributed by atoms with van der Waals surface area (Å²) in [7, 11) is 1.64. The van der Waals surface area contributed by atoms with Crippen LogP contribution in [0.2, 0.25) is 5.02 Å². The zero-order valence-electron chi connectivity index (χ0n) is 11.1. The number of halogens is 1. The normalized spacial score (nSPS) is 10.6. The second-order valence-electron chi connectivity index (χ2n) is 3.79. The van der Waals surface area contributed by atoms with E-state index in [1.165, 1.54) is 0 Å². The first-order chi connectivity index (χ1) is 9.22. The van der Waals surface area contributed by atoms with Gasteiger partial charge in [-0.2, -0.15) is 0 Å². The van der Waals surface area contributed by atoms with E-state index >= 15 is 0 Å². The fourth-order valence-corrected chi connectivity index (χ4v) is 1.58. The van der Waals surface area contributed by atoms with E-state index in [0.29, 0.717) is 56.1 Å². The first-order valence-electron chi connectivity index (χ1n) is 6.05. The van der Waals surface area contributed by atoms with Crippen molar-refractivity contribution in [1.82, 2.24) is 0 Å². The number of benzene rings is 1. The van der Waals surface area contributed by atoms with E-state index in [1.54, 1.807) is 25.3 Å². The van der Waals surface area contributed by atoms with Crippen molar-refractivity contribution in [2.24, 2.45) is 0 Å². The summed E-state index contributed by atoms with van der Waals surface area (Å²) < 4.78 is 20.9. The lowest BCUT2D eigenvalue weighted by molar-refractivity contribution is 0.0180. The molecule has 0 aromatic heterocycles. The molecule has 0 saturated heterocycles. The van der Waals surface area contributed by atoms with Gasteiger partial charge in [0.2, 0.25) is 0 Å². The number of ether oxygens (including phenoxy) is 4. The van der Waals surface area contributed by atoms with Gasteiger partial charge in [0.25, 0.3) is 0 Å². The van der Waals surface area contributed by atoms with Gasteiger partial charge in [-0.05, 0) is 12.1 Å². The van der Waals surface area contributed by atoms with Crippen LogP contribution in [0.25, 0.3) is 0 Å². The molecule has 0 aliphatic carbocycles. The maximum absolute atomic E-state index is 5.86. The fraction of sp³-hybridized carbons (Fsp3) is 0.538. The van der Waals surface area contributed by atoms with Crippen molar-refractivity contribution in [2.45, 2.75) is 0 Å². The maximum atomic E-state index is 5.86. The Balaban J connectivity index is 2.01. The zero-order chi connectivity index (χ0) is 13.9. The van der Waals surface area contributed by atoms with Gasteiger partial charge < -0.3 is 24.7 Å². The monoisotopic (exact) mass is 289 g/mol.